The molecule has 1 N–H and O–H groups in total. The molecule has 2 aliphatic rings. The molecule has 1 fully saturated rings. The lowest BCUT2D eigenvalue weighted by molar-refractivity contribution is 0.0716. The third kappa shape index (κ3) is 2.70. The van der Waals surface area contributed by atoms with Gasteiger partial charge in [0.05, 0.1) is 0 Å². The number of phenols is 1. The normalized spacial score (nSPS) is 24.9. The van der Waals surface area contributed by atoms with Crippen LogP contribution in [0.3, 0.4) is 0 Å². The van der Waals surface area contributed by atoms with Gasteiger partial charge in [0.15, 0.2) is 0 Å². The Labute approximate surface area is 122 Å². The van der Waals surface area contributed by atoms with E-state index < -0.39 is 0 Å². The van der Waals surface area contributed by atoms with E-state index in [1.807, 2.05) is 12.1 Å². The lowest BCUT2D eigenvalue weighted by atomic mass is 9.86. The van der Waals surface area contributed by atoms with Crippen LogP contribution in [0.4, 0.5) is 0 Å². The van der Waals surface area contributed by atoms with Gasteiger partial charge in [0.2, 0.25) is 0 Å². The van der Waals surface area contributed by atoms with Gasteiger partial charge < -0.3 is 5.11 Å². The Bertz CT molecular complexity index is 464. The third-order valence-corrected chi connectivity index (χ3v) is 4.93. The number of piperazine rings is 1. The first-order chi connectivity index (χ1) is 9.65. The van der Waals surface area contributed by atoms with E-state index in [0.29, 0.717) is 17.8 Å². The number of nitrogens with zero attached hydrogens (tertiary/aromatic N) is 2. The van der Waals surface area contributed by atoms with Crippen LogP contribution in [0, 0.1) is 0 Å². The molecule has 1 saturated heterocycles. The maximum absolute atomic E-state index is 9.79. The van der Waals surface area contributed by atoms with Gasteiger partial charge in [0.1, 0.15) is 5.75 Å². The summed E-state index contributed by atoms with van der Waals surface area (Å²) in [6.45, 7) is 9.20. The van der Waals surface area contributed by atoms with E-state index in [9.17, 15) is 5.11 Å². The number of aromatic hydroxyl groups is 1. The van der Waals surface area contributed by atoms with Crippen LogP contribution in [0.25, 0.3) is 0 Å². The van der Waals surface area contributed by atoms with Crippen molar-refractivity contribution in [2.75, 3.05) is 26.2 Å². The molecule has 3 nitrogen and oxygen atoms in total. The molecule has 0 spiro atoms. The van der Waals surface area contributed by atoms with Gasteiger partial charge in [-0.1, -0.05) is 6.07 Å². The molecule has 1 aromatic carbocycles. The van der Waals surface area contributed by atoms with Gasteiger partial charge in [-0.25, -0.2) is 0 Å². The van der Waals surface area contributed by atoms with E-state index in [1.165, 1.54) is 37.1 Å². The van der Waals surface area contributed by atoms with Crippen molar-refractivity contribution >= 4 is 0 Å². The fourth-order valence-corrected chi connectivity index (χ4v) is 3.71. The topological polar surface area (TPSA) is 26.7 Å². The smallest absolute Gasteiger partial charge is 0.115 e. The van der Waals surface area contributed by atoms with Gasteiger partial charge in [-0.05, 0) is 56.4 Å². The summed E-state index contributed by atoms with van der Waals surface area (Å²) in [6, 6.07) is 7.10. The Kier molecular flexibility index (Phi) is 3.99. The molecule has 110 valence electrons. The van der Waals surface area contributed by atoms with Crippen molar-refractivity contribution in [3.63, 3.8) is 0 Å². The van der Waals surface area contributed by atoms with Gasteiger partial charge in [0.25, 0.3) is 0 Å². The van der Waals surface area contributed by atoms with Gasteiger partial charge in [-0.3, -0.25) is 9.80 Å². The van der Waals surface area contributed by atoms with Crippen LogP contribution in [-0.4, -0.2) is 47.1 Å². The Morgan fingerprint density at radius 1 is 1.15 bits per heavy atom. The number of hydrogen-bond donors (Lipinski definition) is 1. The molecule has 0 saturated carbocycles. The van der Waals surface area contributed by atoms with Crippen LogP contribution in [0.1, 0.15) is 43.9 Å². The molecular formula is C17H26N2O. The van der Waals surface area contributed by atoms with Crippen molar-refractivity contribution in [3.8, 4) is 5.75 Å². The highest BCUT2D eigenvalue weighted by atomic mass is 16.3. The van der Waals surface area contributed by atoms with Crippen LogP contribution < -0.4 is 0 Å². The fourth-order valence-electron chi connectivity index (χ4n) is 3.71. The zero-order valence-corrected chi connectivity index (χ0v) is 12.7. The Morgan fingerprint density at radius 2 is 1.90 bits per heavy atom. The second kappa shape index (κ2) is 5.74. The highest BCUT2D eigenvalue weighted by Gasteiger charge is 2.29. The predicted molar refractivity (Wildman–Crippen MR) is 82.1 cm³/mol. The molecule has 3 rings (SSSR count). The average Bonchev–Trinajstić information content (AvgIpc) is 2.46. The summed E-state index contributed by atoms with van der Waals surface area (Å²) in [6.07, 6.45) is 3.67. The Hall–Kier alpha value is -1.06. The largest absolute Gasteiger partial charge is 0.508 e. The number of rotatable bonds is 2. The van der Waals surface area contributed by atoms with Crippen molar-refractivity contribution in [2.45, 2.75) is 45.2 Å². The molecule has 1 aliphatic carbocycles. The first kappa shape index (κ1) is 13.9. The van der Waals surface area contributed by atoms with Crippen LogP contribution >= 0.6 is 0 Å². The summed E-state index contributed by atoms with van der Waals surface area (Å²) in [5.41, 5.74) is 2.81. The molecule has 1 heterocycles. The highest BCUT2D eigenvalue weighted by Crippen LogP contribution is 2.36. The molecule has 0 radical (unpaired) electrons. The maximum atomic E-state index is 9.79. The van der Waals surface area contributed by atoms with Crippen molar-refractivity contribution in [3.05, 3.63) is 29.3 Å². The Balaban J connectivity index is 1.75. The van der Waals surface area contributed by atoms with E-state index in [-0.39, 0.29) is 0 Å². The van der Waals surface area contributed by atoms with E-state index in [0.717, 1.165) is 19.5 Å². The molecule has 20 heavy (non-hydrogen) atoms. The molecule has 1 unspecified atom stereocenters. The number of hydrogen-bond acceptors (Lipinski definition) is 3. The summed E-state index contributed by atoms with van der Waals surface area (Å²) in [4.78, 5) is 5.18. The lowest BCUT2D eigenvalue weighted by Crippen LogP contribution is -2.50. The fraction of sp³-hybridized carbons (Fsp3) is 0.647. The molecule has 1 aliphatic heterocycles. The quantitative estimate of drug-likeness (QED) is 0.898. The number of benzene rings is 1. The Morgan fingerprint density at radius 3 is 2.60 bits per heavy atom. The summed E-state index contributed by atoms with van der Waals surface area (Å²) >= 11 is 0. The summed E-state index contributed by atoms with van der Waals surface area (Å²) < 4.78 is 0. The number of phenolic OH excluding ortho intramolecular Hbond substituents is 1. The highest BCUT2D eigenvalue weighted by molar-refractivity contribution is 5.38. The monoisotopic (exact) mass is 274 g/mol. The van der Waals surface area contributed by atoms with Gasteiger partial charge in [-0.2, -0.15) is 0 Å². The van der Waals surface area contributed by atoms with Crippen LogP contribution in [0.2, 0.25) is 0 Å². The van der Waals surface area contributed by atoms with Crippen LogP contribution in [-0.2, 0) is 6.42 Å². The lowest BCUT2D eigenvalue weighted by Gasteiger charge is -2.42. The van der Waals surface area contributed by atoms with E-state index in [1.54, 1.807) is 0 Å². The third-order valence-electron chi connectivity index (χ3n) is 4.93. The minimum atomic E-state index is 0.413. The van der Waals surface area contributed by atoms with Crippen LogP contribution in [0.5, 0.6) is 5.75 Å². The minimum absolute atomic E-state index is 0.413. The standard InChI is InChI=1S/C17H26N2O/c1-13(2)18-8-10-19(11-9-18)17-5-3-4-14-6-7-15(20)12-16(14)17/h6-7,12-13,17,20H,3-5,8-11H2,1-2H3. The van der Waals surface area contributed by atoms with E-state index in [4.69, 9.17) is 0 Å². The van der Waals surface area contributed by atoms with Gasteiger partial charge >= 0.3 is 0 Å². The zero-order chi connectivity index (χ0) is 14.1. The molecule has 1 atom stereocenters. The first-order valence-corrected chi connectivity index (χ1v) is 7.95. The molecular weight excluding hydrogens is 248 g/mol. The summed E-state index contributed by atoms with van der Waals surface area (Å²) in [7, 11) is 0. The predicted octanol–water partition coefficient (Wildman–Crippen LogP) is 2.80. The van der Waals surface area contributed by atoms with Crippen LogP contribution in [0.15, 0.2) is 18.2 Å². The van der Waals surface area contributed by atoms with Gasteiger partial charge in [0, 0.05) is 38.3 Å². The second-order valence-electron chi connectivity index (χ2n) is 6.46. The maximum Gasteiger partial charge on any atom is 0.115 e. The molecule has 3 heteroatoms. The first-order valence-electron chi connectivity index (χ1n) is 7.95. The number of aryl methyl sites for hydroxylation is 1. The zero-order valence-electron chi connectivity index (χ0n) is 12.7. The summed E-state index contributed by atoms with van der Waals surface area (Å²) in [5, 5.41) is 9.79. The molecule has 0 aromatic heterocycles. The van der Waals surface area contributed by atoms with Gasteiger partial charge in [-0.15, -0.1) is 0 Å². The second-order valence-corrected chi connectivity index (χ2v) is 6.46. The molecule has 0 bridgehead atoms. The minimum Gasteiger partial charge on any atom is -0.508 e. The van der Waals surface area contributed by atoms with Crippen molar-refractivity contribution in [2.24, 2.45) is 0 Å². The molecule has 0 amide bonds. The van der Waals surface area contributed by atoms with E-state index >= 15 is 0 Å². The molecule has 1 aromatic rings. The number of fused-ring (bicyclic) bond motifs is 1. The average molecular weight is 274 g/mol. The van der Waals surface area contributed by atoms with Crippen molar-refractivity contribution in [1.29, 1.82) is 0 Å². The SMILES string of the molecule is CC(C)N1CCN(C2CCCc3ccc(O)cc32)CC1. The van der Waals surface area contributed by atoms with Crippen molar-refractivity contribution < 1.29 is 5.11 Å². The van der Waals surface area contributed by atoms with E-state index in [2.05, 4.69) is 29.7 Å². The van der Waals surface area contributed by atoms with Crippen molar-refractivity contribution in [1.82, 2.24) is 9.80 Å². The summed E-state index contributed by atoms with van der Waals surface area (Å²) in [5.74, 6) is 0.413.